The molecule has 0 saturated carbocycles. The van der Waals surface area contributed by atoms with Gasteiger partial charge in [-0.2, -0.15) is 13.2 Å². The number of alkyl halides is 3. The van der Waals surface area contributed by atoms with Crippen molar-refractivity contribution in [3.05, 3.63) is 0 Å². The molecule has 1 N–H and O–H groups in total. The standard InChI is InChI=1S/C7H14F3NO/c1-6(4-12)3-11(2)5-7(8,9)10/h6,12H,3-5H2,1-2H3. The fourth-order valence-electron chi connectivity index (χ4n) is 0.960. The normalized spacial score (nSPS) is 15.2. The summed E-state index contributed by atoms with van der Waals surface area (Å²) in [5.41, 5.74) is 0. The van der Waals surface area contributed by atoms with Crippen molar-refractivity contribution in [3.63, 3.8) is 0 Å². The van der Waals surface area contributed by atoms with Crippen LogP contribution in [0.1, 0.15) is 6.92 Å². The fourth-order valence-corrected chi connectivity index (χ4v) is 0.960. The van der Waals surface area contributed by atoms with E-state index in [9.17, 15) is 13.2 Å². The van der Waals surface area contributed by atoms with Gasteiger partial charge in [0.15, 0.2) is 0 Å². The number of aliphatic hydroxyl groups is 1. The summed E-state index contributed by atoms with van der Waals surface area (Å²) >= 11 is 0. The first-order valence-electron chi connectivity index (χ1n) is 3.71. The van der Waals surface area contributed by atoms with Gasteiger partial charge in [-0.3, -0.25) is 4.90 Å². The molecular weight excluding hydrogens is 171 g/mol. The molecule has 0 amide bonds. The van der Waals surface area contributed by atoms with Crippen molar-refractivity contribution in [2.75, 3.05) is 26.7 Å². The minimum atomic E-state index is -4.15. The zero-order valence-electron chi connectivity index (χ0n) is 7.23. The van der Waals surface area contributed by atoms with Crippen LogP contribution in [-0.4, -0.2) is 42.9 Å². The summed E-state index contributed by atoms with van der Waals surface area (Å²) < 4.78 is 35.3. The number of hydrogen-bond acceptors (Lipinski definition) is 2. The summed E-state index contributed by atoms with van der Waals surface area (Å²) in [5, 5.41) is 8.57. The molecule has 0 spiro atoms. The molecule has 0 aromatic heterocycles. The van der Waals surface area contributed by atoms with E-state index < -0.39 is 12.7 Å². The maximum atomic E-state index is 11.8. The van der Waals surface area contributed by atoms with Gasteiger partial charge in [0, 0.05) is 13.2 Å². The van der Waals surface area contributed by atoms with Crippen molar-refractivity contribution < 1.29 is 18.3 Å². The number of rotatable bonds is 4. The van der Waals surface area contributed by atoms with E-state index in [1.54, 1.807) is 6.92 Å². The third kappa shape index (κ3) is 6.42. The van der Waals surface area contributed by atoms with E-state index in [4.69, 9.17) is 5.11 Å². The maximum Gasteiger partial charge on any atom is 0.401 e. The van der Waals surface area contributed by atoms with E-state index >= 15 is 0 Å². The summed E-state index contributed by atoms with van der Waals surface area (Å²) in [6.45, 7) is 0.961. The lowest BCUT2D eigenvalue weighted by Crippen LogP contribution is -2.34. The average Bonchev–Trinajstić information content (AvgIpc) is 1.82. The zero-order chi connectivity index (χ0) is 9.78. The van der Waals surface area contributed by atoms with Gasteiger partial charge in [-0.05, 0) is 13.0 Å². The first-order valence-corrected chi connectivity index (χ1v) is 3.71. The Morgan fingerprint density at radius 2 is 1.92 bits per heavy atom. The molecule has 0 fully saturated rings. The Morgan fingerprint density at radius 1 is 1.42 bits per heavy atom. The Balaban J connectivity index is 3.66. The van der Waals surface area contributed by atoms with E-state index in [0.717, 1.165) is 4.90 Å². The molecule has 1 unspecified atom stereocenters. The van der Waals surface area contributed by atoms with Gasteiger partial charge in [-0.25, -0.2) is 0 Å². The predicted octanol–water partition coefficient (Wildman–Crippen LogP) is 1.11. The van der Waals surface area contributed by atoms with Crippen LogP contribution in [0.5, 0.6) is 0 Å². The summed E-state index contributed by atoms with van der Waals surface area (Å²) in [6.07, 6.45) is -4.15. The molecule has 12 heavy (non-hydrogen) atoms. The van der Waals surface area contributed by atoms with Crippen molar-refractivity contribution >= 4 is 0 Å². The monoisotopic (exact) mass is 185 g/mol. The first-order chi connectivity index (χ1) is 5.35. The van der Waals surface area contributed by atoms with Crippen molar-refractivity contribution in [2.24, 2.45) is 5.92 Å². The van der Waals surface area contributed by atoms with E-state index in [1.165, 1.54) is 7.05 Å². The van der Waals surface area contributed by atoms with E-state index in [2.05, 4.69) is 0 Å². The molecule has 0 bridgehead atoms. The molecule has 0 rings (SSSR count). The molecule has 0 aliphatic carbocycles. The third-order valence-corrected chi connectivity index (χ3v) is 1.38. The van der Waals surface area contributed by atoms with Gasteiger partial charge in [0.25, 0.3) is 0 Å². The second-order valence-electron chi connectivity index (χ2n) is 3.10. The lowest BCUT2D eigenvalue weighted by molar-refractivity contribution is -0.144. The van der Waals surface area contributed by atoms with Crippen molar-refractivity contribution in [1.29, 1.82) is 0 Å². The van der Waals surface area contributed by atoms with Crippen LogP contribution in [0.25, 0.3) is 0 Å². The Kier molecular flexibility index (Phi) is 4.55. The predicted molar refractivity (Wildman–Crippen MR) is 39.8 cm³/mol. The molecule has 2 nitrogen and oxygen atoms in total. The highest BCUT2D eigenvalue weighted by molar-refractivity contribution is 4.61. The average molecular weight is 185 g/mol. The highest BCUT2D eigenvalue weighted by atomic mass is 19.4. The molecule has 0 aromatic carbocycles. The minimum absolute atomic E-state index is 0.0812. The Morgan fingerprint density at radius 3 is 2.25 bits per heavy atom. The van der Waals surface area contributed by atoms with Crippen LogP contribution >= 0.6 is 0 Å². The van der Waals surface area contributed by atoms with Crippen molar-refractivity contribution in [1.82, 2.24) is 4.90 Å². The fraction of sp³-hybridized carbons (Fsp3) is 1.00. The molecule has 0 radical (unpaired) electrons. The third-order valence-electron chi connectivity index (χ3n) is 1.38. The highest BCUT2D eigenvalue weighted by Gasteiger charge is 2.29. The molecule has 0 saturated heterocycles. The van der Waals surface area contributed by atoms with Crippen LogP contribution in [0.2, 0.25) is 0 Å². The molecule has 0 aliphatic heterocycles. The topological polar surface area (TPSA) is 23.5 Å². The lowest BCUT2D eigenvalue weighted by Gasteiger charge is -2.21. The van der Waals surface area contributed by atoms with Crippen LogP contribution in [0, 0.1) is 5.92 Å². The summed E-state index contributed by atoms with van der Waals surface area (Å²) in [5.74, 6) is -0.114. The largest absolute Gasteiger partial charge is 0.401 e. The quantitative estimate of drug-likeness (QED) is 0.709. The van der Waals surface area contributed by atoms with Crippen LogP contribution in [0.15, 0.2) is 0 Å². The van der Waals surface area contributed by atoms with Gasteiger partial charge >= 0.3 is 6.18 Å². The van der Waals surface area contributed by atoms with Gasteiger partial charge in [0.05, 0.1) is 6.54 Å². The van der Waals surface area contributed by atoms with E-state index in [1.807, 2.05) is 0 Å². The lowest BCUT2D eigenvalue weighted by atomic mass is 10.2. The SMILES string of the molecule is CC(CO)CN(C)CC(F)(F)F. The molecule has 0 heterocycles. The van der Waals surface area contributed by atoms with Crippen LogP contribution in [0.4, 0.5) is 13.2 Å². The number of hydrogen-bond donors (Lipinski definition) is 1. The first kappa shape index (κ1) is 11.7. The number of halogens is 3. The highest BCUT2D eigenvalue weighted by Crippen LogP contribution is 2.15. The molecule has 5 heteroatoms. The Bertz CT molecular complexity index is 126. The number of aliphatic hydroxyl groups excluding tert-OH is 1. The molecule has 74 valence electrons. The van der Waals surface area contributed by atoms with Gasteiger partial charge in [-0.1, -0.05) is 6.92 Å². The van der Waals surface area contributed by atoms with E-state index in [-0.39, 0.29) is 19.1 Å². The number of nitrogens with zero attached hydrogens (tertiary/aromatic N) is 1. The molecular formula is C7H14F3NO. The van der Waals surface area contributed by atoms with Crippen LogP contribution < -0.4 is 0 Å². The zero-order valence-corrected chi connectivity index (χ0v) is 7.23. The summed E-state index contributed by atoms with van der Waals surface area (Å²) in [7, 11) is 1.39. The molecule has 0 aliphatic rings. The van der Waals surface area contributed by atoms with Gasteiger partial charge in [0.1, 0.15) is 0 Å². The van der Waals surface area contributed by atoms with Crippen LogP contribution in [-0.2, 0) is 0 Å². The van der Waals surface area contributed by atoms with Gasteiger partial charge in [-0.15, -0.1) is 0 Å². The Hall–Kier alpha value is -0.290. The second-order valence-corrected chi connectivity index (χ2v) is 3.10. The second kappa shape index (κ2) is 4.67. The summed E-state index contributed by atoms with van der Waals surface area (Å²) in [4.78, 5) is 1.15. The minimum Gasteiger partial charge on any atom is -0.396 e. The van der Waals surface area contributed by atoms with Gasteiger partial charge < -0.3 is 5.11 Å². The van der Waals surface area contributed by atoms with Crippen LogP contribution in [0.3, 0.4) is 0 Å². The molecule has 1 atom stereocenters. The van der Waals surface area contributed by atoms with Crippen molar-refractivity contribution in [3.8, 4) is 0 Å². The summed E-state index contributed by atoms with van der Waals surface area (Å²) in [6, 6.07) is 0. The molecule has 0 aromatic rings. The smallest absolute Gasteiger partial charge is 0.396 e. The Labute approximate surface area is 70.0 Å². The maximum absolute atomic E-state index is 11.8. The van der Waals surface area contributed by atoms with Crippen molar-refractivity contribution in [2.45, 2.75) is 13.1 Å². The van der Waals surface area contributed by atoms with E-state index in [0.29, 0.717) is 0 Å². The van der Waals surface area contributed by atoms with Gasteiger partial charge in [0.2, 0.25) is 0 Å².